The SMILES string of the molecule is CCCCCCNC(=O)c1ccc2ccc(O)cc2c1C(N)=O. The first-order valence-electron chi connectivity index (χ1n) is 7.88. The second kappa shape index (κ2) is 7.63. The summed E-state index contributed by atoms with van der Waals surface area (Å²) in [5, 5.41) is 13.7. The number of unbranched alkanes of at least 4 members (excludes halogenated alkanes) is 3. The molecule has 0 aliphatic heterocycles. The summed E-state index contributed by atoms with van der Waals surface area (Å²) in [4.78, 5) is 24.2. The maximum Gasteiger partial charge on any atom is 0.252 e. The van der Waals surface area contributed by atoms with Gasteiger partial charge in [0, 0.05) is 6.54 Å². The van der Waals surface area contributed by atoms with E-state index in [0.717, 1.165) is 31.1 Å². The highest BCUT2D eigenvalue weighted by Gasteiger charge is 2.18. The van der Waals surface area contributed by atoms with Crippen LogP contribution in [-0.2, 0) is 0 Å². The van der Waals surface area contributed by atoms with Gasteiger partial charge in [-0.15, -0.1) is 0 Å². The van der Waals surface area contributed by atoms with E-state index < -0.39 is 5.91 Å². The molecule has 0 unspecified atom stereocenters. The Morgan fingerprint density at radius 1 is 1.13 bits per heavy atom. The topological polar surface area (TPSA) is 92.4 Å². The molecule has 0 bridgehead atoms. The van der Waals surface area contributed by atoms with Gasteiger partial charge in [-0.25, -0.2) is 0 Å². The van der Waals surface area contributed by atoms with E-state index in [2.05, 4.69) is 12.2 Å². The van der Waals surface area contributed by atoms with Gasteiger partial charge in [-0.1, -0.05) is 38.3 Å². The lowest BCUT2D eigenvalue weighted by molar-refractivity contribution is 0.0936. The number of carbonyl (C=O) groups excluding carboxylic acids is 2. The van der Waals surface area contributed by atoms with Crippen molar-refractivity contribution in [2.45, 2.75) is 32.6 Å². The van der Waals surface area contributed by atoms with Crippen molar-refractivity contribution < 1.29 is 14.7 Å². The summed E-state index contributed by atoms with van der Waals surface area (Å²) in [7, 11) is 0. The highest BCUT2D eigenvalue weighted by Crippen LogP contribution is 2.26. The van der Waals surface area contributed by atoms with Crippen molar-refractivity contribution in [2.75, 3.05) is 6.54 Å². The number of hydrogen-bond donors (Lipinski definition) is 3. The van der Waals surface area contributed by atoms with Crippen molar-refractivity contribution in [3.8, 4) is 5.75 Å². The Hall–Kier alpha value is -2.56. The van der Waals surface area contributed by atoms with Gasteiger partial charge in [0.2, 0.25) is 5.91 Å². The van der Waals surface area contributed by atoms with Gasteiger partial charge in [0.05, 0.1) is 11.1 Å². The van der Waals surface area contributed by atoms with Crippen LogP contribution >= 0.6 is 0 Å². The minimum atomic E-state index is -0.683. The first kappa shape index (κ1) is 16.8. The normalized spacial score (nSPS) is 10.7. The number of rotatable bonds is 7. The van der Waals surface area contributed by atoms with Crippen LogP contribution in [0.1, 0.15) is 53.3 Å². The van der Waals surface area contributed by atoms with E-state index in [1.165, 1.54) is 12.1 Å². The van der Waals surface area contributed by atoms with Crippen LogP contribution < -0.4 is 11.1 Å². The standard InChI is InChI=1S/C18H22N2O3/c1-2-3-4-5-10-20-18(23)14-9-7-12-6-8-13(21)11-15(12)16(14)17(19)22/h6-9,11,21H,2-5,10H2,1H3,(H2,19,22)(H,20,23). The summed E-state index contributed by atoms with van der Waals surface area (Å²) in [6, 6.07) is 8.01. The Morgan fingerprint density at radius 2 is 1.87 bits per heavy atom. The fourth-order valence-electron chi connectivity index (χ4n) is 2.61. The number of nitrogens with one attached hydrogen (secondary N) is 1. The average molecular weight is 314 g/mol. The third-order valence-corrected chi connectivity index (χ3v) is 3.81. The van der Waals surface area contributed by atoms with Crippen LogP contribution in [0.5, 0.6) is 5.75 Å². The molecule has 4 N–H and O–H groups in total. The van der Waals surface area contributed by atoms with E-state index in [-0.39, 0.29) is 22.8 Å². The van der Waals surface area contributed by atoms with Crippen LogP contribution in [0, 0.1) is 0 Å². The number of fused-ring (bicyclic) bond motifs is 1. The number of primary amides is 1. The van der Waals surface area contributed by atoms with Gasteiger partial charge in [0.25, 0.3) is 5.91 Å². The fourth-order valence-corrected chi connectivity index (χ4v) is 2.61. The van der Waals surface area contributed by atoms with Crippen molar-refractivity contribution in [3.05, 3.63) is 41.5 Å². The monoisotopic (exact) mass is 314 g/mol. The van der Waals surface area contributed by atoms with Gasteiger partial charge >= 0.3 is 0 Å². The smallest absolute Gasteiger partial charge is 0.252 e. The van der Waals surface area contributed by atoms with E-state index >= 15 is 0 Å². The average Bonchev–Trinajstić information content (AvgIpc) is 2.52. The van der Waals surface area contributed by atoms with E-state index in [1.54, 1.807) is 18.2 Å². The maximum absolute atomic E-state index is 12.3. The van der Waals surface area contributed by atoms with Crippen molar-refractivity contribution >= 4 is 22.6 Å². The summed E-state index contributed by atoms with van der Waals surface area (Å²) >= 11 is 0. The number of aromatic hydroxyl groups is 1. The first-order chi connectivity index (χ1) is 11.0. The third kappa shape index (κ3) is 4.00. The summed E-state index contributed by atoms with van der Waals surface area (Å²) in [5.74, 6) is -0.977. The lowest BCUT2D eigenvalue weighted by atomic mass is 9.97. The predicted molar refractivity (Wildman–Crippen MR) is 90.6 cm³/mol. The van der Waals surface area contributed by atoms with Gasteiger partial charge < -0.3 is 16.2 Å². The van der Waals surface area contributed by atoms with Gasteiger partial charge in [0.15, 0.2) is 0 Å². The highest BCUT2D eigenvalue weighted by molar-refractivity contribution is 6.15. The van der Waals surface area contributed by atoms with Crippen LogP contribution in [0.15, 0.2) is 30.3 Å². The van der Waals surface area contributed by atoms with Crippen molar-refractivity contribution in [2.24, 2.45) is 5.73 Å². The quantitative estimate of drug-likeness (QED) is 0.686. The molecule has 0 aromatic heterocycles. The Bertz CT molecular complexity index is 726. The molecule has 0 aliphatic rings. The molecule has 0 radical (unpaired) electrons. The zero-order valence-corrected chi connectivity index (χ0v) is 13.3. The van der Waals surface area contributed by atoms with Crippen molar-refractivity contribution in [1.82, 2.24) is 5.32 Å². The fraction of sp³-hybridized carbons (Fsp3) is 0.333. The second-order valence-corrected chi connectivity index (χ2v) is 5.57. The number of benzene rings is 2. The van der Waals surface area contributed by atoms with Crippen LogP contribution in [0.25, 0.3) is 10.8 Å². The van der Waals surface area contributed by atoms with Crippen LogP contribution in [0.4, 0.5) is 0 Å². The van der Waals surface area contributed by atoms with Crippen molar-refractivity contribution in [1.29, 1.82) is 0 Å². The molecule has 2 rings (SSSR count). The third-order valence-electron chi connectivity index (χ3n) is 3.81. The molecule has 2 amide bonds. The molecule has 2 aromatic carbocycles. The van der Waals surface area contributed by atoms with Crippen molar-refractivity contribution in [3.63, 3.8) is 0 Å². The summed E-state index contributed by atoms with van der Waals surface area (Å²) in [6.07, 6.45) is 4.23. The lowest BCUT2D eigenvalue weighted by Gasteiger charge is -2.11. The zero-order valence-electron chi connectivity index (χ0n) is 13.3. The maximum atomic E-state index is 12.3. The summed E-state index contributed by atoms with van der Waals surface area (Å²) in [6.45, 7) is 2.69. The molecule has 2 aromatic rings. The minimum absolute atomic E-state index is 0.0251. The van der Waals surface area contributed by atoms with Crippen LogP contribution in [0.2, 0.25) is 0 Å². The van der Waals surface area contributed by atoms with E-state index in [4.69, 9.17) is 5.73 Å². The largest absolute Gasteiger partial charge is 0.508 e. The first-order valence-corrected chi connectivity index (χ1v) is 7.88. The molecule has 0 fully saturated rings. The number of phenols is 1. The van der Waals surface area contributed by atoms with E-state index in [9.17, 15) is 14.7 Å². The van der Waals surface area contributed by atoms with E-state index in [0.29, 0.717) is 11.9 Å². The molecule has 0 aliphatic carbocycles. The number of nitrogens with two attached hydrogens (primary N) is 1. The van der Waals surface area contributed by atoms with Gasteiger partial charge in [-0.05, 0) is 35.4 Å². The molecule has 122 valence electrons. The Balaban J connectivity index is 2.27. The number of hydrogen-bond acceptors (Lipinski definition) is 3. The molecule has 0 spiro atoms. The van der Waals surface area contributed by atoms with Crippen LogP contribution in [0.3, 0.4) is 0 Å². The van der Waals surface area contributed by atoms with E-state index in [1.807, 2.05) is 0 Å². The Kier molecular flexibility index (Phi) is 5.57. The number of carbonyl (C=O) groups is 2. The highest BCUT2D eigenvalue weighted by atomic mass is 16.3. The molecule has 0 heterocycles. The Labute approximate surface area is 135 Å². The number of phenolic OH excluding ortho intramolecular Hbond substituents is 1. The van der Waals surface area contributed by atoms with Crippen LogP contribution in [-0.4, -0.2) is 23.5 Å². The predicted octanol–water partition coefficient (Wildman–Crippen LogP) is 2.95. The van der Waals surface area contributed by atoms with Gasteiger partial charge in [-0.3, -0.25) is 9.59 Å². The summed E-state index contributed by atoms with van der Waals surface area (Å²) < 4.78 is 0. The molecule has 23 heavy (non-hydrogen) atoms. The molecular formula is C18H22N2O3. The second-order valence-electron chi connectivity index (χ2n) is 5.57. The lowest BCUT2D eigenvalue weighted by Crippen LogP contribution is -2.27. The summed E-state index contributed by atoms with van der Waals surface area (Å²) in [5.41, 5.74) is 5.85. The Morgan fingerprint density at radius 3 is 2.57 bits per heavy atom. The molecule has 0 atom stereocenters. The minimum Gasteiger partial charge on any atom is -0.508 e. The number of amides is 2. The molecular weight excluding hydrogens is 292 g/mol. The molecule has 0 saturated heterocycles. The molecule has 0 saturated carbocycles. The zero-order chi connectivity index (χ0) is 16.8. The van der Waals surface area contributed by atoms with Gasteiger partial charge in [-0.2, -0.15) is 0 Å². The van der Waals surface area contributed by atoms with Gasteiger partial charge in [0.1, 0.15) is 5.75 Å². The molecule has 5 heteroatoms. The molecule has 5 nitrogen and oxygen atoms in total.